The van der Waals surface area contributed by atoms with Crippen molar-refractivity contribution in [3.8, 4) is 34.0 Å². The van der Waals surface area contributed by atoms with Crippen molar-refractivity contribution >= 4 is 5.97 Å². The van der Waals surface area contributed by atoms with E-state index in [0.717, 1.165) is 29.0 Å². The van der Waals surface area contributed by atoms with Gasteiger partial charge in [-0.25, -0.2) is 4.79 Å². The van der Waals surface area contributed by atoms with Crippen molar-refractivity contribution in [2.45, 2.75) is 13.0 Å². The molecule has 148 valence electrons. The summed E-state index contributed by atoms with van der Waals surface area (Å²) in [6.45, 7) is 0.716. The van der Waals surface area contributed by atoms with Gasteiger partial charge in [-0.15, -0.1) is 0 Å². The van der Waals surface area contributed by atoms with Crippen LogP contribution in [0.15, 0.2) is 78.9 Å². The summed E-state index contributed by atoms with van der Waals surface area (Å²) in [4.78, 5) is 13.4. The van der Waals surface area contributed by atoms with Crippen molar-refractivity contribution in [3.63, 3.8) is 0 Å². The zero-order valence-electron chi connectivity index (χ0n) is 16.5. The van der Waals surface area contributed by atoms with Crippen LogP contribution in [-0.4, -0.2) is 22.9 Å². The lowest BCUT2D eigenvalue weighted by molar-refractivity contribution is 0.0736. The molecule has 5 heteroatoms. The smallest absolute Gasteiger partial charge is 0.348 e. The Kier molecular flexibility index (Phi) is 4.56. The minimum absolute atomic E-state index is 0.412. The lowest BCUT2D eigenvalue weighted by Gasteiger charge is -2.18. The number of fused-ring (bicyclic) bond motifs is 3. The lowest BCUT2D eigenvalue weighted by atomic mass is 9.94. The number of ether oxygens (including phenoxy) is 2. The van der Waals surface area contributed by atoms with E-state index in [4.69, 9.17) is 14.6 Å². The van der Waals surface area contributed by atoms with Crippen LogP contribution in [0.5, 0.6) is 11.5 Å². The zero-order valence-corrected chi connectivity index (χ0v) is 16.5. The maximum Gasteiger partial charge on any atom is 0.348 e. The molecule has 0 fully saturated rings. The first kappa shape index (κ1) is 18.2. The van der Waals surface area contributed by atoms with Crippen molar-refractivity contribution in [2.75, 3.05) is 7.11 Å². The number of carbonyl (C=O) groups excluding carboxylic acids is 1. The van der Waals surface area contributed by atoms with Crippen molar-refractivity contribution < 1.29 is 14.3 Å². The molecule has 30 heavy (non-hydrogen) atoms. The second kappa shape index (κ2) is 7.52. The van der Waals surface area contributed by atoms with Crippen molar-refractivity contribution in [3.05, 3.63) is 90.0 Å². The number of benzene rings is 3. The van der Waals surface area contributed by atoms with Gasteiger partial charge in [0.25, 0.3) is 0 Å². The third-order valence-electron chi connectivity index (χ3n) is 5.34. The summed E-state index contributed by atoms with van der Waals surface area (Å²) < 4.78 is 12.9. The molecular weight excluding hydrogens is 376 g/mol. The molecule has 0 aliphatic carbocycles. The zero-order chi connectivity index (χ0) is 20.5. The molecule has 1 aliphatic heterocycles. The number of esters is 1. The molecule has 0 N–H and O–H groups in total. The number of methoxy groups -OCH3 is 1. The van der Waals surface area contributed by atoms with Crippen LogP contribution in [0.3, 0.4) is 0 Å². The van der Waals surface area contributed by atoms with Crippen LogP contribution < -0.4 is 9.47 Å². The maximum atomic E-state index is 13.4. The fourth-order valence-corrected chi connectivity index (χ4v) is 3.88. The fourth-order valence-electron chi connectivity index (χ4n) is 3.88. The Morgan fingerprint density at radius 2 is 1.63 bits per heavy atom. The number of hydrogen-bond donors (Lipinski definition) is 0. The van der Waals surface area contributed by atoms with Gasteiger partial charge in [0.05, 0.1) is 12.8 Å². The number of hydrogen-bond acceptors (Lipinski definition) is 4. The highest BCUT2D eigenvalue weighted by Crippen LogP contribution is 2.38. The van der Waals surface area contributed by atoms with Gasteiger partial charge < -0.3 is 9.47 Å². The molecule has 4 aromatic rings. The van der Waals surface area contributed by atoms with E-state index in [1.807, 2.05) is 65.3 Å². The highest BCUT2D eigenvalue weighted by Gasteiger charge is 2.30. The Morgan fingerprint density at radius 3 is 2.40 bits per heavy atom. The van der Waals surface area contributed by atoms with Crippen LogP contribution in [0.25, 0.3) is 22.5 Å². The van der Waals surface area contributed by atoms with Gasteiger partial charge in [-0.1, -0.05) is 42.5 Å². The molecule has 3 aromatic carbocycles. The normalized spacial score (nSPS) is 12.0. The lowest BCUT2D eigenvalue weighted by Crippen LogP contribution is -2.15. The minimum atomic E-state index is -0.412. The standard InChI is InChI=1S/C25H20N2O3/c1-29-19-13-11-18(12-14-19)23-22(25(28)30-20-8-3-2-4-9-20)24-21-10-6-5-7-17(21)15-16-27(24)26-23/h2-14H,15-16H2,1H3. The average molecular weight is 396 g/mol. The number of aromatic nitrogens is 2. The highest BCUT2D eigenvalue weighted by molar-refractivity contribution is 6.04. The predicted molar refractivity (Wildman–Crippen MR) is 115 cm³/mol. The van der Waals surface area contributed by atoms with E-state index in [-0.39, 0.29) is 0 Å². The first-order valence-electron chi connectivity index (χ1n) is 9.85. The Hall–Kier alpha value is -3.86. The molecule has 0 radical (unpaired) electrons. The molecule has 1 aromatic heterocycles. The van der Waals surface area contributed by atoms with Crippen LogP contribution in [0.1, 0.15) is 15.9 Å². The summed E-state index contributed by atoms with van der Waals surface area (Å²) in [5.41, 5.74) is 4.98. The molecule has 5 nitrogen and oxygen atoms in total. The molecule has 0 atom stereocenters. The summed E-state index contributed by atoms with van der Waals surface area (Å²) in [5, 5.41) is 4.81. The predicted octanol–water partition coefficient (Wildman–Crippen LogP) is 5.00. The number of carbonyl (C=O) groups is 1. The number of rotatable bonds is 4. The first-order chi connectivity index (χ1) is 14.7. The second-order valence-corrected chi connectivity index (χ2v) is 7.13. The average Bonchev–Trinajstić information content (AvgIpc) is 3.20. The summed E-state index contributed by atoms with van der Waals surface area (Å²) in [6.07, 6.45) is 0.875. The summed E-state index contributed by atoms with van der Waals surface area (Å²) in [7, 11) is 1.63. The van der Waals surface area contributed by atoms with Gasteiger partial charge in [0.15, 0.2) is 0 Å². The van der Waals surface area contributed by atoms with Gasteiger partial charge in [0.1, 0.15) is 22.8 Å². The van der Waals surface area contributed by atoms with Crippen molar-refractivity contribution in [2.24, 2.45) is 0 Å². The van der Waals surface area contributed by atoms with E-state index < -0.39 is 5.97 Å². The van der Waals surface area contributed by atoms with E-state index in [1.54, 1.807) is 19.2 Å². The van der Waals surface area contributed by atoms with E-state index in [1.165, 1.54) is 5.56 Å². The maximum absolute atomic E-state index is 13.4. The summed E-state index contributed by atoms with van der Waals surface area (Å²) >= 11 is 0. The fraction of sp³-hybridized carbons (Fsp3) is 0.120. The van der Waals surface area contributed by atoms with Crippen molar-refractivity contribution in [1.82, 2.24) is 9.78 Å². The molecule has 2 heterocycles. The number of aryl methyl sites for hydroxylation is 2. The topological polar surface area (TPSA) is 53.4 Å². The molecule has 0 spiro atoms. The molecule has 1 aliphatic rings. The third kappa shape index (κ3) is 3.14. The monoisotopic (exact) mass is 396 g/mol. The van der Waals surface area contributed by atoms with Crippen LogP contribution in [0.4, 0.5) is 0 Å². The molecule has 0 saturated heterocycles. The van der Waals surface area contributed by atoms with Crippen molar-refractivity contribution in [1.29, 1.82) is 0 Å². The van der Waals surface area contributed by atoms with E-state index in [9.17, 15) is 4.79 Å². The van der Waals surface area contributed by atoms with E-state index in [0.29, 0.717) is 23.6 Å². The quantitative estimate of drug-likeness (QED) is 0.360. The van der Waals surface area contributed by atoms with Gasteiger partial charge in [0.2, 0.25) is 0 Å². The Balaban J connectivity index is 1.68. The summed E-state index contributed by atoms with van der Waals surface area (Å²) in [6, 6.07) is 24.8. The molecular formula is C25H20N2O3. The summed E-state index contributed by atoms with van der Waals surface area (Å²) in [5.74, 6) is 0.846. The van der Waals surface area contributed by atoms with Gasteiger partial charge in [0, 0.05) is 17.7 Å². The van der Waals surface area contributed by atoms with Gasteiger partial charge in [-0.3, -0.25) is 4.68 Å². The minimum Gasteiger partial charge on any atom is -0.497 e. The first-order valence-corrected chi connectivity index (χ1v) is 9.85. The SMILES string of the molecule is COc1ccc(-c2nn3c(c2C(=O)Oc2ccccc2)-c2ccccc2CC3)cc1. The Morgan fingerprint density at radius 1 is 0.900 bits per heavy atom. The molecule has 0 saturated carbocycles. The Bertz CT molecular complexity index is 1210. The van der Waals surface area contributed by atoms with Gasteiger partial charge >= 0.3 is 5.97 Å². The van der Waals surface area contributed by atoms with E-state index >= 15 is 0 Å². The molecule has 5 rings (SSSR count). The number of para-hydroxylation sites is 1. The molecule has 0 bridgehead atoms. The molecule has 0 amide bonds. The molecule has 0 unspecified atom stereocenters. The van der Waals surface area contributed by atoms with Crippen LogP contribution in [0, 0.1) is 0 Å². The largest absolute Gasteiger partial charge is 0.497 e. The second-order valence-electron chi connectivity index (χ2n) is 7.13. The van der Waals surface area contributed by atoms with E-state index in [2.05, 4.69) is 6.07 Å². The van der Waals surface area contributed by atoms with Gasteiger partial charge in [-0.2, -0.15) is 5.10 Å². The number of nitrogens with zero attached hydrogens (tertiary/aromatic N) is 2. The van der Waals surface area contributed by atoms with Crippen LogP contribution in [-0.2, 0) is 13.0 Å². The third-order valence-corrected chi connectivity index (χ3v) is 5.34. The van der Waals surface area contributed by atoms with Crippen LogP contribution in [0.2, 0.25) is 0 Å². The highest BCUT2D eigenvalue weighted by atomic mass is 16.5. The Labute approximate surface area is 174 Å². The van der Waals surface area contributed by atoms with Gasteiger partial charge in [-0.05, 0) is 48.4 Å². The van der Waals surface area contributed by atoms with Crippen LogP contribution >= 0.6 is 0 Å².